The van der Waals surface area contributed by atoms with Crippen LogP contribution in [0.15, 0.2) is 0 Å². The smallest absolute Gasteiger partial charge is 0.0164 e. The molecule has 0 nitrogen and oxygen atoms in total. The minimum atomic E-state index is -1.82. The molecule has 0 radical (unpaired) electrons. The highest BCUT2D eigenvalue weighted by molar-refractivity contribution is 8.79. The molecule has 100 valence electrons. The lowest BCUT2D eigenvalue weighted by Gasteiger charge is -2.14. The van der Waals surface area contributed by atoms with Crippen molar-refractivity contribution >= 4 is 39.7 Å². The Morgan fingerprint density at radius 2 is 1.00 bits per heavy atom. The molecule has 0 spiro atoms. The maximum absolute atomic E-state index is 5.76. The van der Waals surface area contributed by atoms with Gasteiger partial charge in [0.2, 0.25) is 0 Å². The molecule has 0 aromatic heterocycles. The van der Waals surface area contributed by atoms with Crippen molar-refractivity contribution in [3.05, 3.63) is 0 Å². The fourth-order valence-electron chi connectivity index (χ4n) is 1.75. The molecule has 0 aromatic rings. The zero-order valence-electron chi connectivity index (χ0n) is 10.3. The van der Waals surface area contributed by atoms with Gasteiger partial charge in [0.15, 0.2) is 0 Å². The number of hydrogen-bond acceptors (Lipinski definition) is 0. The summed E-state index contributed by atoms with van der Waals surface area (Å²) in [6.45, 7) is 2.26. The van der Waals surface area contributed by atoms with Gasteiger partial charge in [-0.2, -0.15) is 0 Å². The van der Waals surface area contributed by atoms with E-state index < -0.39 is 7.67 Å². The van der Waals surface area contributed by atoms with Crippen LogP contribution in [0.4, 0.5) is 0 Å². The van der Waals surface area contributed by atoms with Gasteiger partial charge in [-0.3, -0.25) is 0 Å². The first kappa shape index (κ1) is 17.2. The van der Waals surface area contributed by atoms with Crippen LogP contribution in [0.3, 0.4) is 0 Å². The van der Waals surface area contributed by atoms with E-state index in [1.54, 1.807) is 0 Å². The normalized spacial score (nSPS) is 13.0. The van der Waals surface area contributed by atoms with Gasteiger partial charge < -0.3 is 0 Å². The summed E-state index contributed by atoms with van der Waals surface area (Å²) in [4.78, 5) is 0. The minimum Gasteiger partial charge on any atom is -0.0654 e. The van der Waals surface area contributed by atoms with E-state index in [2.05, 4.69) is 6.92 Å². The van der Waals surface area contributed by atoms with Crippen LogP contribution in [0.5, 0.6) is 0 Å². The lowest BCUT2D eigenvalue weighted by molar-refractivity contribution is 0.563. The summed E-state index contributed by atoms with van der Waals surface area (Å²) in [6.07, 6.45) is 13.3. The Bertz CT molecular complexity index is 146. The van der Waals surface area contributed by atoms with E-state index in [9.17, 15) is 0 Å². The molecule has 0 N–H and O–H groups in total. The molecule has 0 aliphatic heterocycles. The second kappa shape index (κ2) is 11.3. The largest absolute Gasteiger partial charge is 0.0654 e. The molecule has 0 fully saturated rings. The van der Waals surface area contributed by atoms with Crippen molar-refractivity contribution < 1.29 is 0 Å². The summed E-state index contributed by atoms with van der Waals surface area (Å²) in [5, 5.41) is 0. The lowest BCUT2D eigenvalue weighted by atomic mass is 10.1. The van der Waals surface area contributed by atoms with Crippen LogP contribution in [-0.2, 0) is 0 Å². The SMILES string of the molecule is CCCCCCCCCCCCS(Cl)(Cl)Cl. The summed E-state index contributed by atoms with van der Waals surface area (Å²) in [6, 6.07) is 0. The summed E-state index contributed by atoms with van der Waals surface area (Å²) in [7, 11) is 15.5. The van der Waals surface area contributed by atoms with Crippen LogP contribution in [0.1, 0.15) is 71.1 Å². The van der Waals surface area contributed by atoms with Crippen molar-refractivity contribution in [2.45, 2.75) is 71.1 Å². The molecule has 16 heavy (non-hydrogen) atoms. The van der Waals surface area contributed by atoms with Crippen LogP contribution >= 0.6 is 39.7 Å². The molecule has 0 aromatic carbocycles. The predicted octanol–water partition coefficient (Wildman–Crippen LogP) is 7.17. The van der Waals surface area contributed by atoms with E-state index in [0.717, 1.165) is 12.2 Å². The average molecular weight is 308 g/mol. The van der Waals surface area contributed by atoms with E-state index in [-0.39, 0.29) is 0 Å². The molecule has 0 aliphatic rings. The summed E-state index contributed by atoms with van der Waals surface area (Å²) in [5.74, 6) is 0.772. The molecule has 4 heteroatoms. The monoisotopic (exact) mass is 306 g/mol. The number of halogens is 3. The Labute approximate surface area is 116 Å². The molecular weight excluding hydrogens is 283 g/mol. The molecular formula is C12H25Cl3S. The van der Waals surface area contributed by atoms with Gasteiger partial charge in [0.1, 0.15) is 0 Å². The van der Waals surface area contributed by atoms with Gasteiger partial charge in [0.05, 0.1) is 0 Å². The van der Waals surface area contributed by atoms with E-state index in [0.29, 0.717) is 0 Å². The Kier molecular flexibility index (Phi) is 12.2. The van der Waals surface area contributed by atoms with Gasteiger partial charge in [-0.05, 0) is 46.1 Å². The van der Waals surface area contributed by atoms with Crippen LogP contribution < -0.4 is 0 Å². The molecule has 0 rings (SSSR count). The van der Waals surface area contributed by atoms with E-state index in [1.807, 2.05) is 0 Å². The lowest BCUT2D eigenvalue weighted by Crippen LogP contribution is -1.86. The predicted molar refractivity (Wildman–Crippen MR) is 81.9 cm³/mol. The topological polar surface area (TPSA) is 0 Å². The van der Waals surface area contributed by atoms with E-state index in [1.165, 1.54) is 57.8 Å². The average Bonchev–Trinajstić information content (AvgIpc) is 2.19. The fourth-order valence-corrected chi connectivity index (χ4v) is 3.27. The van der Waals surface area contributed by atoms with Gasteiger partial charge in [0.25, 0.3) is 0 Å². The second-order valence-corrected chi connectivity index (χ2v) is 12.0. The van der Waals surface area contributed by atoms with Crippen LogP contribution in [0.25, 0.3) is 0 Å². The van der Waals surface area contributed by atoms with Crippen molar-refractivity contribution in [1.29, 1.82) is 0 Å². The van der Waals surface area contributed by atoms with Crippen molar-refractivity contribution in [2.75, 3.05) is 5.75 Å². The molecule has 0 saturated heterocycles. The minimum absolute atomic E-state index is 0.772. The van der Waals surface area contributed by atoms with Crippen molar-refractivity contribution in [3.8, 4) is 0 Å². The summed E-state index contributed by atoms with van der Waals surface area (Å²) in [5.41, 5.74) is 0. The van der Waals surface area contributed by atoms with E-state index in [4.69, 9.17) is 32.0 Å². The molecule has 0 amide bonds. The highest BCUT2D eigenvalue weighted by Gasteiger charge is 2.11. The summed E-state index contributed by atoms with van der Waals surface area (Å²) >= 11 is 0. The van der Waals surface area contributed by atoms with Crippen LogP contribution in [-0.4, -0.2) is 5.75 Å². The summed E-state index contributed by atoms with van der Waals surface area (Å²) < 4.78 is 0. The fraction of sp³-hybridized carbons (Fsp3) is 1.00. The molecule has 0 atom stereocenters. The zero-order valence-corrected chi connectivity index (χ0v) is 13.4. The van der Waals surface area contributed by atoms with Crippen molar-refractivity contribution in [1.82, 2.24) is 0 Å². The van der Waals surface area contributed by atoms with E-state index >= 15 is 0 Å². The third kappa shape index (κ3) is 15.2. The Hall–Kier alpha value is 1.22. The first-order valence-electron chi connectivity index (χ1n) is 6.46. The first-order valence-corrected chi connectivity index (χ1v) is 10.7. The van der Waals surface area contributed by atoms with Gasteiger partial charge in [0, 0.05) is 5.75 Å². The molecule has 0 bridgehead atoms. The Morgan fingerprint density at radius 1 is 0.625 bits per heavy atom. The molecule has 0 saturated carbocycles. The molecule has 0 heterocycles. The second-order valence-electron chi connectivity index (χ2n) is 4.39. The zero-order chi connectivity index (χ0) is 12.3. The van der Waals surface area contributed by atoms with Gasteiger partial charge >= 0.3 is 0 Å². The van der Waals surface area contributed by atoms with Gasteiger partial charge in [-0.15, -0.1) is 0 Å². The quantitative estimate of drug-likeness (QED) is 0.355. The van der Waals surface area contributed by atoms with Gasteiger partial charge in [-0.25, -0.2) is 0 Å². The number of hydrogen-bond donors (Lipinski definition) is 0. The van der Waals surface area contributed by atoms with Crippen LogP contribution in [0, 0.1) is 0 Å². The highest BCUT2D eigenvalue weighted by Crippen LogP contribution is 2.63. The maximum atomic E-state index is 5.76. The Morgan fingerprint density at radius 3 is 1.38 bits per heavy atom. The van der Waals surface area contributed by atoms with Crippen molar-refractivity contribution in [3.63, 3.8) is 0 Å². The maximum Gasteiger partial charge on any atom is 0.0164 e. The number of unbranched alkanes of at least 4 members (excludes halogenated alkanes) is 9. The third-order valence-corrected chi connectivity index (χ3v) is 4.87. The Balaban J connectivity index is 2.99. The molecule has 0 aliphatic carbocycles. The number of rotatable bonds is 11. The van der Waals surface area contributed by atoms with Gasteiger partial charge in [-0.1, -0.05) is 64.7 Å². The van der Waals surface area contributed by atoms with Crippen molar-refractivity contribution in [2.24, 2.45) is 0 Å². The standard InChI is InChI=1S/C12H25Cl3S/c1-2-3-4-5-6-7-8-9-10-11-12-16(13,14)15/h2-12H2,1H3. The van der Waals surface area contributed by atoms with Crippen LogP contribution in [0.2, 0.25) is 0 Å². The molecule has 0 unspecified atom stereocenters. The highest BCUT2D eigenvalue weighted by atomic mass is 36.2. The first-order chi connectivity index (χ1) is 7.56. The third-order valence-electron chi connectivity index (χ3n) is 2.73.